The summed E-state index contributed by atoms with van der Waals surface area (Å²) < 4.78 is 0. The molecular formula is C24H25N5O2. The smallest absolute Gasteiger partial charge is 0.255 e. The second-order valence-electron chi connectivity index (χ2n) is 6.80. The molecule has 0 heterocycles. The van der Waals surface area contributed by atoms with Crippen molar-refractivity contribution in [2.24, 2.45) is 0 Å². The summed E-state index contributed by atoms with van der Waals surface area (Å²) in [6, 6.07) is 24.1. The number of nitriles is 1. The fraction of sp³-hybridized carbons (Fsp3) is 0.167. The average Bonchev–Trinajstić information content (AvgIpc) is 2.82. The number of nitrogens with zero attached hydrogens (tertiary/aromatic N) is 1. The minimum Gasteiger partial charge on any atom is -0.395 e. The molecule has 0 spiro atoms. The number of carbonyl (C=O) groups is 1. The van der Waals surface area contributed by atoms with Crippen molar-refractivity contribution in [3.8, 4) is 6.07 Å². The van der Waals surface area contributed by atoms with Gasteiger partial charge < -0.3 is 26.4 Å². The highest BCUT2D eigenvalue weighted by atomic mass is 16.3. The number of anilines is 4. The molecule has 1 amide bonds. The van der Waals surface area contributed by atoms with E-state index in [0.29, 0.717) is 23.4 Å². The van der Waals surface area contributed by atoms with Crippen LogP contribution in [0.2, 0.25) is 0 Å². The fourth-order valence-electron chi connectivity index (χ4n) is 2.89. The van der Waals surface area contributed by atoms with Crippen molar-refractivity contribution in [1.82, 2.24) is 0 Å². The summed E-state index contributed by atoms with van der Waals surface area (Å²) in [5, 5.41) is 30.2. The van der Waals surface area contributed by atoms with Gasteiger partial charge in [-0.15, -0.1) is 0 Å². The average molecular weight is 415 g/mol. The van der Waals surface area contributed by atoms with E-state index in [1.807, 2.05) is 48.5 Å². The Hall–Kier alpha value is -4.02. The van der Waals surface area contributed by atoms with Crippen LogP contribution >= 0.6 is 0 Å². The summed E-state index contributed by atoms with van der Waals surface area (Å²) in [6.45, 7) is 1.98. The molecule has 5 N–H and O–H groups in total. The maximum absolute atomic E-state index is 12.4. The van der Waals surface area contributed by atoms with Gasteiger partial charge in [-0.05, 0) is 72.8 Å². The van der Waals surface area contributed by atoms with Gasteiger partial charge in [0, 0.05) is 47.9 Å². The van der Waals surface area contributed by atoms with Crippen LogP contribution in [0.15, 0.2) is 72.8 Å². The van der Waals surface area contributed by atoms with Crippen LogP contribution in [-0.2, 0) is 0 Å². The van der Waals surface area contributed by atoms with Gasteiger partial charge in [-0.1, -0.05) is 0 Å². The maximum atomic E-state index is 12.4. The molecular weight excluding hydrogens is 390 g/mol. The summed E-state index contributed by atoms with van der Waals surface area (Å²) in [5.41, 5.74) is 4.70. The van der Waals surface area contributed by atoms with E-state index in [4.69, 9.17) is 10.4 Å². The maximum Gasteiger partial charge on any atom is 0.255 e. The lowest BCUT2D eigenvalue weighted by Gasteiger charge is -2.10. The summed E-state index contributed by atoms with van der Waals surface area (Å²) in [7, 11) is 0. The number of hydrogen-bond acceptors (Lipinski definition) is 6. The van der Waals surface area contributed by atoms with Crippen LogP contribution < -0.4 is 21.3 Å². The minimum absolute atomic E-state index is 0.0563. The summed E-state index contributed by atoms with van der Waals surface area (Å²) in [4.78, 5) is 12.4. The zero-order chi connectivity index (χ0) is 21.9. The SMILES string of the molecule is N#Cc1ccc(NCCNc2ccc(NC(=O)c3ccc(NCCO)cc3)cc2)cc1. The lowest BCUT2D eigenvalue weighted by atomic mass is 10.2. The first-order valence-electron chi connectivity index (χ1n) is 10.0. The summed E-state index contributed by atoms with van der Waals surface area (Å²) in [5.74, 6) is -0.180. The first-order valence-corrected chi connectivity index (χ1v) is 10.0. The number of aliphatic hydroxyl groups is 1. The Labute approximate surface area is 181 Å². The largest absolute Gasteiger partial charge is 0.395 e. The van der Waals surface area contributed by atoms with E-state index in [9.17, 15) is 4.79 Å². The van der Waals surface area contributed by atoms with Gasteiger partial charge in [-0.3, -0.25) is 4.79 Å². The summed E-state index contributed by atoms with van der Waals surface area (Å²) in [6.07, 6.45) is 0. The van der Waals surface area contributed by atoms with E-state index < -0.39 is 0 Å². The Balaban J connectivity index is 1.43. The second kappa shape index (κ2) is 11.2. The number of nitrogens with one attached hydrogen (secondary N) is 4. The molecule has 0 unspecified atom stereocenters. The van der Waals surface area contributed by atoms with Gasteiger partial charge in [0.2, 0.25) is 0 Å². The molecule has 0 aliphatic carbocycles. The van der Waals surface area contributed by atoms with Crippen molar-refractivity contribution < 1.29 is 9.90 Å². The van der Waals surface area contributed by atoms with E-state index in [0.717, 1.165) is 30.2 Å². The molecule has 0 aliphatic rings. The molecule has 0 fully saturated rings. The van der Waals surface area contributed by atoms with Crippen LogP contribution in [0, 0.1) is 11.3 Å². The van der Waals surface area contributed by atoms with Crippen molar-refractivity contribution in [1.29, 1.82) is 5.26 Å². The van der Waals surface area contributed by atoms with Gasteiger partial charge in [0.25, 0.3) is 5.91 Å². The Kier molecular flexibility index (Phi) is 7.86. The molecule has 0 aromatic heterocycles. The van der Waals surface area contributed by atoms with E-state index in [2.05, 4.69) is 27.3 Å². The Morgan fingerprint density at radius 3 is 1.68 bits per heavy atom. The standard InChI is InChI=1S/C24H25N5O2/c25-17-18-1-5-20(6-2-18)26-13-14-27-22-9-11-23(12-10-22)29-24(31)19-3-7-21(8-4-19)28-15-16-30/h1-12,26-28,30H,13-16H2,(H,29,31). The molecule has 3 rings (SSSR count). The van der Waals surface area contributed by atoms with Gasteiger partial charge in [-0.2, -0.15) is 5.26 Å². The van der Waals surface area contributed by atoms with E-state index in [1.54, 1.807) is 24.3 Å². The molecule has 3 aromatic rings. The minimum atomic E-state index is -0.180. The lowest BCUT2D eigenvalue weighted by Crippen LogP contribution is -2.14. The van der Waals surface area contributed by atoms with Gasteiger partial charge in [0.1, 0.15) is 0 Å². The second-order valence-corrected chi connectivity index (χ2v) is 6.80. The lowest BCUT2D eigenvalue weighted by molar-refractivity contribution is 0.102. The van der Waals surface area contributed by atoms with Crippen molar-refractivity contribution in [3.63, 3.8) is 0 Å². The molecule has 7 nitrogen and oxygen atoms in total. The Bertz CT molecular complexity index is 1010. The third-order valence-corrected chi connectivity index (χ3v) is 4.53. The normalized spacial score (nSPS) is 10.1. The number of amides is 1. The number of carbonyl (C=O) groups excluding carboxylic acids is 1. The van der Waals surface area contributed by atoms with Gasteiger partial charge in [0.15, 0.2) is 0 Å². The third kappa shape index (κ3) is 6.77. The highest BCUT2D eigenvalue weighted by Crippen LogP contribution is 2.16. The topological polar surface area (TPSA) is 109 Å². The van der Waals surface area contributed by atoms with Crippen LogP contribution in [0.1, 0.15) is 15.9 Å². The summed E-state index contributed by atoms with van der Waals surface area (Å²) >= 11 is 0. The first kappa shape index (κ1) is 21.7. The first-order chi connectivity index (χ1) is 15.2. The zero-order valence-electron chi connectivity index (χ0n) is 17.1. The van der Waals surface area contributed by atoms with Gasteiger partial charge in [0.05, 0.1) is 18.2 Å². The number of rotatable bonds is 10. The Morgan fingerprint density at radius 1 is 0.710 bits per heavy atom. The number of hydrogen-bond donors (Lipinski definition) is 5. The molecule has 7 heteroatoms. The van der Waals surface area contributed by atoms with Crippen molar-refractivity contribution in [2.75, 3.05) is 47.5 Å². The van der Waals surface area contributed by atoms with E-state index >= 15 is 0 Å². The molecule has 158 valence electrons. The molecule has 0 saturated carbocycles. The van der Waals surface area contributed by atoms with Crippen LogP contribution in [0.25, 0.3) is 0 Å². The quantitative estimate of drug-likeness (QED) is 0.323. The predicted molar refractivity (Wildman–Crippen MR) is 125 cm³/mol. The molecule has 0 atom stereocenters. The van der Waals surface area contributed by atoms with Gasteiger partial charge in [-0.25, -0.2) is 0 Å². The third-order valence-electron chi connectivity index (χ3n) is 4.53. The predicted octanol–water partition coefficient (Wildman–Crippen LogP) is 3.74. The highest BCUT2D eigenvalue weighted by molar-refractivity contribution is 6.04. The monoisotopic (exact) mass is 415 g/mol. The van der Waals surface area contributed by atoms with Gasteiger partial charge >= 0.3 is 0 Å². The Morgan fingerprint density at radius 2 is 1.16 bits per heavy atom. The van der Waals surface area contributed by atoms with Crippen LogP contribution in [0.4, 0.5) is 22.7 Å². The zero-order valence-corrected chi connectivity index (χ0v) is 17.1. The van der Waals surface area contributed by atoms with Crippen molar-refractivity contribution in [3.05, 3.63) is 83.9 Å². The fourth-order valence-corrected chi connectivity index (χ4v) is 2.89. The molecule has 0 aliphatic heterocycles. The molecule has 31 heavy (non-hydrogen) atoms. The van der Waals surface area contributed by atoms with Crippen LogP contribution in [0.5, 0.6) is 0 Å². The molecule has 3 aromatic carbocycles. The highest BCUT2D eigenvalue weighted by Gasteiger charge is 2.06. The van der Waals surface area contributed by atoms with Crippen LogP contribution in [-0.4, -0.2) is 37.3 Å². The van der Waals surface area contributed by atoms with E-state index in [1.165, 1.54) is 0 Å². The van der Waals surface area contributed by atoms with Crippen molar-refractivity contribution in [2.45, 2.75) is 0 Å². The number of benzene rings is 3. The van der Waals surface area contributed by atoms with Crippen LogP contribution in [0.3, 0.4) is 0 Å². The molecule has 0 radical (unpaired) electrons. The number of aliphatic hydroxyl groups excluding tert-OH is 1. The van der Waals surface area contributed by atoms with E-state index in [-0.39, 0.29) is 12.5 Å². The molecule has 0 saturated heterocycles. The molecule has 0 bridgehead atoms. The van der Waals surface area contributed by atoms with Crippen molar-refractivity contribution >= 4 is 28.7 Å².